The number of hydrogen-bond acceptors (Lipinski definition) is 10. The number of carbonyl (C=O) groups excluding carboxylic acids is 2. The molecular weight excluding hydrogens is 480 g/mol. The average molecular weight is 511 g/mol. The van der Waals surface area contributed by atoms with E-state index in [1.165, 1.54) is 27.4 Å². The summed E-state index contributed by atoms with van der Waals surface area (Å²) in [5, 5.41) is 6.95. The van der Waals surface area contributed by atoms with Gasteiger partial charge in [0.1, 0.15) is 5.75 Å². The molecular formula is C26H30N4O7. The van der Waals surface area contributed by atoms with E-state index < -0.39 is 5.97 Å². The zero-order chi connectivity index (χ0) is 26.4. The highest BCUT2D eigenvalue weighted by Gasteiger charge is 2.28. The Balaban J connectivity index is 1.35. The largest absolute Gasteiger partial charge is 0.497 e. The quantitative estimate of drug-likeness (QED) is 0.428. The molecule has 0 unspecified atom stereocenters. The van der Waals surface area contributed by atoms with E-state index in [9.17, 15) is 9.59 Å². The molecule has 0 bridgehead atoms. The zero-order valence-electron chi connectivity index (χ0n) is 21.3. The number of hydrogen-bond donors (Lipinski definition) is 1. The summed E-state index contributed by atoms with van der Waals surface area (Å²) in [7, 11) is 5.85. The highest BCUT2D eigenvalue weighted by molar-refractivity contribution is 6.02. The van der Waals surface area contributed by atoms with Gasteiger partial charge in [-0.25, -0.2) is 4.79 Å². The maximum absolute atomic E-state index is 13.1. The van der Waals surface area contributed by atoms with Crippen LogP contribution in [0.5, 0.6) is 17.2 Å². The monoisotopic (exact) mass is 510 g/mol. The second kappa shape index (κ2) is 11.7. The minimum absolute atomic E-state index is 0.170. The summed E-state index contributed by atoms with van der Waals surface area (Å²) in [6, 6.07) is 10.5. The first kappa shape index (κ1) is 26.0. The molecule has 0 spiro atoms. The second-order valence-electron chi connectivity index (χ2n) is 8.52. The Hall–Kier alpha value is -4.12. The highest BCUT2D eigenvalue weighted by Crippen LogP contribution is 2.34. The predicted molar refractivity (Wildman–Crippen MR) is 134 cm³/mol. The van der Waals surface area contributed by atoms with Crippen molar-refractivity contribution in [2.24, 2.45) is 5.92 Å². The lowest BCUT2D eigenvalue weighted by atomic mass is 9.95. The molecule has 0 radical (unpaired) electrons. The summed E-state index contributed by atoms with van der Waals surface area (Å²) in [5.74, 6) is 1.58. The zero-order valence-corrected chi connectivity index (χ0v) is 21.3. The fourth-order valence-electron chi connectivity index (χ4n) is 4.22. The van der Waals surface area contributed by atoms with Gasteiger partial charge in [-0.2, -0.15) is 4.98 Å². The van der Waals surface area contributed by atoms with E-state index in [4.69, 9.17) is 23.5 Å². The summed E-state index contributed by atoms with van der Waals surface area (Å²) in [6.45, 7) is 1.88. The fraction of sp³-hybridized carbons (Fsp3) is 0.385. The number of ether oxygens (including phenoxy) is 4. The van der Waals surface area contributed by atoms with Gasteiger partial charge in [-0.3, -0.25) is 9.69 Å². The van der Waals surface area contributed by atoms with Crippen LogP contribution in [0.4, 0.5) is 5.69 Å². The first-order chi connectivity index (χ1) is 17.9. The Morgan fingerprint density at radius 3 is 2.30 bits per heavy atom. The van der Waals surface area contributed by atoms with Crippen LogP contribution in [0.2, 0.25) is 0 Å². The van der Waals surface area contributed by atoms with Gasteiger partial charge in [0.2, 0.25) is 17.6 Å². The molecule has 2 aromatic carbocycles. The molecule has 0 aliphatic carbocycles. The van der Waals surface area contributed by atoms with Crippen LogP contribution in [-0.4, -0.2) is 68.4 Å². The van der Waals surface area contributed by atoms with Gasteiger partial charge < -0.3 is 28.8 Å². The number of nitrogens with zero attached hydrogens (tertiary/aromatic N) is 3. The molecule has 11 heteroatoms. The van der Waals surface area contributed by atoms with E-state index in [2.05, 4.69) is 20.4 Å². The first-order valence-corrected chi connectivity index (χ1v) is 11.8. The van der Waals surface area contributed by atoms with E-state index in [1.807, 2.05) is 24.3 Å². The third-order valence-corrected chi connectivity index (χ3v) is 6.32. The van der Waals surface area contributed by atoms with Crippen molar-refractivity contribution < 1.29 is 33.1 Å². The number of likely N-dealkylation sites (tertiary alicyclic amines) is 1. The number of nitrogens with one attached hydrogen (secondary N) is 1. The molecule has 1 saturated heterocycles. The molecule has 196 valence electrons. The molecule has 1 aliphatic heterocycles. The van der Waals surface area contributed by atoms with E-state index in [1.54, 1.807) is 13.2 Å². The normalized spacial score (nSPS) is 14.2. The van der Waals surface area contributed by atoms with Crippen LogP contribution < -0.4 is 19.5 Å². The van der Waals surface area contributed by atoms with E-state index >= 15 is 0 Å². The van der Waals surface area contributed by atoms with Gasteiger partial charge in [0.05, 0.1) is 46.2 Å². The molecule has 37 heavy (non-hydrogen) atoms. The van der Waals surface area contributed by atoms with Gasteiger partial charge in [-0.1, -0.05) is 5.16 Å². The Kier molecular flexibility index (Phi) is 8.24. The molecule has 4 rings (SSSR count). The molecule has 1 N–H and O–H groups in total. The molecule has 0 saturated carbocycles. The number of benzene rings is 2. The molecule has 1 aliphatic rings. The van der Waals surface area contributed by atoms with Crippen molar-refractivity contribution in [1.29, 1.82) is 0 Å². The smallest absolute Gasteiger partial charge is 0.340 e. The van der Waals surface area contributed by atoms with Gasteiger partial charge in [0, 0.05) is 23.6 Å². The summed E-state index contributed by atoms with van der Waals surface area (Å²) >= 11 is 0. The summed E-state index contributed by atoms with van der Waals surface area (Å²) in [6.07, 6.45) is 1.29. The Bertz CT molecular complexity index is 1230. The fourth-order valence-corrected chi connectivity index (χ4v) is 4.22. The predicted octanol–water partition coefficient (Wildman–Crippen LogP) is 3.40. The van der Waals surface area contributed by atoms with Crippen molar-refractivity contribution in [3.8, 4) is 28.6 Å². The average Bonchev–Trinajstić information content (AvgIpc) is 3.41. The second-order valence-corrected chi connectivity index (χ2v) is 8.52. The number of aromatic nitrogens is 2. The Morgan fingerprint density at radius 1 is 1.00 bits per heavy atom. The van der Waals surface area contributed by atoms with Crippen molar-refractivity contribution in [1.82, 2.24) is 15.0 Å². The molecule has 1 amide bonds. The number of amides is 1. The summed E-state index contributed by atoms with van der Waals surface area (Å²) < 4.78 is 26.1. The number of rotatable bonds is 9. The minimum atomic E-state index is -0.584. The van der Waals surface area contributed by atoms with Gasteiger partial charge in [0.25, 0.3) is 0 Å². The lowest BCUT2D eigenvalue weighted by molar-refractivity contribution is -0.121. The molecule has 1 aromatic heterocycles. The van der Waals surface area contributed by atoms with Crippen LogP contribution in [0, 0.1) is 5.92 Å². The number of piperidine rings is 1. The van der Waals surface area contributed by atoms with Crippen LogP contribution >= 0.6 is 0 Å². The topological polar surface area (TPSA) is 125 Å². The molecule has 2 heterocycles. The lowest BCUT2D eigenvalue weighted by Crippen LogP contribution is -2.38. The van der Waals surface area contributed by atoms with Gasteiger partial charge >= 0.3 is 5.97 Å². The standard InChI is InChI=1S/C26H30N4O7/c1-33-18-7-5-16(6-8-18)24-28-23(37-29-24)15-30-11-9-17(10-12-30)25(31)27-20-14-22(35-3)21(34-2)13-19(20)26(32)36-4/h5-8,13-14,17H,9-12,15H2,1-4H3,(H,27,31). The molecule has 0 atom stereocenters. The maximum Gasteiger partial charge on any atom is 0.340 e. The third kappa shape index (κ3) is 6.00. The number of esters is 1. The van der Waals surface area contributed by atoms with Crippen LogP contribution in [-0.2, 0) is 16.1 Å². The molecule has 1 fully saturated rings. The van der Waals surface area contributed by atoms with E-state index in [-0.39, 0.29) is 17.4 Å². The van der Waals surface area contributed by atoms with Crippen LogP contribution in [0.15, 0.2) is 40.9 Å². The number of anilines is 1. The van der Waals surface area contributed by atoms with Crippen LogP contribution in [0.25, 0.3) is 11.4 Å². The molecule has 3 aromatic rings. The Morgan fingerprint density at radius 2 is 1.68 bits per heavy atom. The van der Waals surface area contributed by atoms with Crippen LogP contribution in [0.3, 0.4) is 0 Å². The van der Waals surface area contributed by atoms with Crippen molar-refractivity contribution in [2.75, 3.05) is 46.8 Å². The van der Waals surface area contributed by atoms with Gasteiger partial charge in [0.15, 0.2) is 11.5 Å². The van der Waals surface area contributed by atoms with Crippen molar-refractivity contribution >= 4 is 17.6 Å². The number of carbonyl (C=O) groups is 2. The van der Waals surface area contributed by atoms with Crippen molar-refractivity contribution in [3.05, 3.63) is 47.9 Å². The van der Waals surface area contributed by atoms with Crippen LogP contribution in [0.1, 0.15) is 29.1 Å². The number of methoxy groups -OCH3 is 4. The summed E-state index contributed by atoms with van der Waals surface area (Å²) in [4.78, 5) is 32.0. The van der Waals surface area contributed by atoms with E-state index in [0.29, 0.717) is 61.4 Å². The maximum atomic E-state index is 13.1. The summed E-state index contributed by atoms with van der Waals surface area (Å²) in [5.41, 5.74) is 1.34. The minimum Gasteiger partial charge on any atom is -0.497 e. The van der Waals surface area contributed by atoms with Crippen molar-refractivity contribution in [3.63, 3.8) is 0 Å². The third-order valence-electron chi connectivity index (χ3n) is 6.32. The molecule has 11 nitrogen and oxygen atoms in total. The lowest BCUT2D eigenvalue weighted by Gasteiger charge is -2.30. The SMILES string of the molecule is COC(=O)c1cc(OC)c(OC)cc1NC(=O)C1CCN(Cc2nc(-c3ccc(OC)cc3)no2)CC1. The Labute approximate surface area is 214 Å². The highest BCUT2D eigenvalue weighted by atomic mass is 16.5. The van der Waals surface area contributed by atoms with Crippen molar-refractivity contribution in [2.45, 2.75) is 19.4 Å². The first-order valence-electron chi connectivity index (χ1n) is 11.8. The van der Waals surface area contributed by atoms with Gasteiger partial charge in [-0.05, 0) is 50.2 Å². The van der Waals surface area contributed by atoms with E-state index in [0.717, 1.165) is 11.3 Å². The van der Waals surface area contributed by atoms with Gasteiger partial charge in [-0.15, -0.1) is 0 Å².